The molecule has 0 saturated carbocycles. The highest BCUT2D eigenvalue weighted by Gasteiger charge is 2.42. The molecule has 128 valence electrons. The van der Waals surface area contributed by atoms with Gasteiger partial charge in [0.25, 0.3) is 0 Å². The Kier molecular flexibility index (Phi) is 10.9. The van der Waals surface area contributed by atoms with Gasteiger partial charge in [0.2, 0.25) is 8.40 Å². The minimum atomic E-state index is -1.51. The molecule has 0 heterocycles. The van der Waals surface area contributed by atoms with Crippen LogP contribution in [-0.4, -0.2) is 43.7 Å². The van der Waals surface area contributed by atoms with Crippen molar-refractivity contribution in [3.63, 3.8) is 0 Å². The van der Waals surface area contributed by atoms with Crippen LogP contribution in [0.25, 0.3) is 0 Å². The Bertz CT molecular complexity index is 220. The quantitative estimate of drug-likeness (QED) is 0.457. The second kappa shape index (κ2) is 10.8. The van der Waals surface area contributed by atoms with E-state index in [1.165, 1.54) is 51.1 Å². The standard InChI is InChI=1S/C18H42N2Si/c1-9-19(10-2)21(15-13-17(5)6,16-14-18(7)8)20(11-3)12-4/h17-18H,9-16H2,1-8H3. The summed E-state index contributed by atoms with van der Waals surface area (Å²) in [5.74, 6) is 1.64. The molecule has 0 rings (SSSR count). The zero-order valence-electron chi connectivity index (χ0n) is 16.2. The molecule has 0 aliphatic heterocycles. The van der Waals surface area contributed by atoms with Crippen LogP contribution in [0.1, 0.15) is 68.2 Å². The molecule has 0 aromatic rings. The van der Waals surface area contributed by atoms with E-state index < -0.39 is 8.40 Å². The Morgan fingerprint density at radius 2 is 0.905 bits per heavy atom. The van der Waals surface area contributed by atoms with Crippen molar-refractivity contribution >= 4 is 8.40 Å². The van der Waals surface area contributed by atoms with E-state index in [0.29, 0.717) is 0 Å². The first-order valence-electron chi connectivity index (χ1n) is 9.37. The fraction of sp³-hybridized carbons (Fsp3) is 1.00. The van der Waals surface area contributed by atoms with Crippen LogP contribution in [0.4, 0.5) is 0 Å². The molecule has 0 saturated heterocycles. The van der Waals surface area contributed by atoms with Gasteiger partial charge in [-0.1, -0.05) is 68.2 Å². The molecule has 0 aliphatic rings. The first-order valence-corrected chi connectivity index (χ1v) is 11.7. The van der Waals surface area contributed by atoms with E-state index in [1.807, 2.05) is 0 Å². The summed E-state index contributed by atoms with van der Waals surface area (Å²) in [4.78, 5) is 0. The lowest BCUT2D eigenvalue weighted by Gasteiger charge is -2.49. The third kappa shape index (κ3) is 6.41. The van der Waals surface area contributed by atoms with Crippen molar-refractivity contribution in [2.75, 3.05) is 26.2 Å². The van der Waals surface area contributed by atoms with E-state index in [2.05, 4.69) is 64.5 Å². The summed E-state index contributed by atoms with van der Waals surface area (Å²) in [5.41, 5.74) is 0. The number of hydrogen-bond acceptors (Lipinski definition) is 2. The third-order valence-corrected chi connectivity index (χ3v) is 10.7. The Morgan fingerprint density at radius 1 is 0.619 bits per heavy atom. The summed E-state index contributed by atoms with van der Waals surface area (Å²) in [6.07, 6.45) is 2.77. The minimum Gasteiger partial charge on any atom is -0.312 e. The lowest BCUT2D eigenvalue weighted by Crippen LogP contribution is -2.65. The van der Waals surface area contributed by atoms with Gasteiger partial charge in [-0.2, -0.15) is 0 Å². The summed E-state index contributed by atoms with van der Waals surface area (Å²) >= 11 is 0. The normalized spacial score (nSPS) is 13.1. The number of hydrogen-bond donors (Lipinski definition) is 0. The molecule has 0 bridgehead atoms. The van der Waals surface area contributed by atoms with Crippen LogP contribution in [-0.2, 0) is 0 Å². The van der Waals surface area contributed by atoms with Gasteiger partial charge < -0.3 is 9.13 Å². The van der Waals surface area contributed by atoms with Gasteiger partial charge in [-0.05, 0) is 50.1 Å². The summed E-state index contributed by atoms with van der Waals surface area (Å²) in [7, 11) is -1.51. The smallest absolute Gasteiger partial charge is 0.206 e. The van der Waals surface area contributed by atoms with Crippen molar-refractivity contribution < 1.29 is 0 Å². The zero-order valence-corrected chi connectivity index (χ0v) is 17.2. The lowest BCUT2D eigenvalue weighted by atomic mass is 10.2. The summed E-state index contributed by atoms with van der Waals surface area (Å²) in [6, 6.07) is 2.89. The summed E-state index contributed by atoms with van der Waals surface area (Å²) in [6.45, 7) is 23.8. The van der Waals surface area contributed by atoms with Crippen LogP contribution in [0.3, 0.4) is 0 Å². The topological polar surface area (TPSA) is 6.48 Å². The van der Waals surface area contributed by atoms with Gasteiger partial charge in [-0.3, -0.25) is 0 Å². The van der Waals surface area contributed by atoms with E-state index in [9.17, 15) is 0 Å². The van der Waals surface area contributed by atoms with Crippen molar-refractivity contribution in [2.45, 2.75) is 80.3 Å². The highest BCUT2D eigenvalue weighted by atomic mass is 28.3. The molecule has 0 aliphatic carbocycles. The first kappa shape index (κ1) is 21.1. The van der Waals surface area contributed by atoms with E-state index >= 15 is 0 Å². The van der Waals surface area contributed by atoms with Crippen molar-refractivity contribution in [1.29, 1.82) is 0 Å². The molecule has 0 fully saturated rings. The second-order valence-electron chi connectivity index (χ2n) is 7.19. The predicted octanol–water partition coefficient (Wildman–Crippen LogP) is 5.20. The fourth-order valence-electron chi connectivity index (χ4n) is 3.62. The van der Waals surface area contributed by atoms with Crippen LogP contribution in [0.15, 0.2) is 0 Å². The van der Waals surface area contributed by atoms with Gasteiger partial charge in [0.05, 0.1) is 0 Å². The van der Waals surface area contributed by atoms with Crippen molar-refractivity contribution in [2.24, 2.45) is 11.8 Å². The summed E-state index contributed by atoms with van der Waals surface area (Å²) in [5, 5.41) is 0. The Hall–Kier alpha value is 0.137. The van der Waals surface area contributed by atoms with Gasteiger partial charge in [0, 0.05) is 0 Å². The van der Waals surface area contributed by atoms with Crippen molar-refractivity contribution in [1.82, 2.24) is 9.13 Å². The Balaban J connectivity index is 5.43. The molecule has 0 amide bonds. The SMILES string of the molecule is CCN(CC)[Si](CCC(C)C)(CCC(C)C)N(CC)CC. The van der Waals surface area contributed by atoms with E-state index in [4.69, 9.17) is 0 Å². The Morgan fingerprint density at radius 3 is 1.10 bits per heavy atom. The fourth-order valence-corrected chi connectivity index (χ4v) is 9.97. The predicted molar refractivity (Wildman–Crippen MR) is 100 cm³/mol. The molecular weight excluding hydrogens is 272 g/mol. The van der Waals surface area contributed by atoms with Gasteiger partial charge >= 0.3 is 0 Å². The highest BCUT2D eigenvalue weighted by molar-refractivity contribution is 6.74. The highest BCUT2D eigenvalue weighted by Crippen LogP contribution is 2.31. The Labute approximate surface area is 136 Å². The van der Waals surface area contributed by atoms with Crippen molar-refractivity contribution in [3.05, 3.63) is 0 Å². The first-order chi connectivity index (χ1) is 9.87. The molecule has 0 aromatic heterocycles. The molecule has 0 unspecified atom stereocenters. The minimum absolute atomic E-state index is 0.821. The average molecular weight is 315 g/mol. The van der Waals surface area contributed by atoms with Crippen LogP contribution < -0.4 is 0 Å². The van der Waals surface area contributed by atoms with Crippen LogP contribution in [0, 0.1) is 11.8 Å². The molecule has 0 radical (unpaired) electrons. The van der Waals surface area contributed by atoms with E-state index in [0.717, 1.165) is 11.8 Å². The van der Waals surface area contributed by atoms with Crippen molar-refractivity contribution in [3.8, 4) is 0 Å². The van der Waals surface area contributed by atoms with Gasteiger partial charge in [0.1, 0.15) is 0 Å². The maximum Gasteiger partial charge on any atom is 0.206 e. The molecule has 3 heteroatoms. The van der Waals surface area contributed by atoms with E-state index in [-0.39, 0.29) is 0 Å². The number of rotatable bonds is 12. The zero-order chi connectivity index (χ0) is 16.5. The molecule has 2 nitrogen and oxygen atoms in total. The average Bonchev–Trinajstić information content (AvgIpc) is 2.44. The second-order valence-corrected chi connectivity index (χ2v) is 11.4. The molecular formula is C18H42N2Si. The van der Waals surface area contributed by atoms with Gasteiger partial charge in [-0.25, -0.2) is 0 Å². The third-order valence-electron chi connectivity index (χ3n) is 4.95. The molecule has 0 spiro atoms. The van der Waals surface area contributed by atoms with Gasteiger partial charge in [-0.15, -0.1) is 0 Å². The maximum absolute atomic E-state index is 2.87. The van der Waals surface area contributed by atoms with Gasteiger partial charge in [0.15, 0.2) is 0 Å². The monoisotopic (exact) mass is 314 g/mol. The largest absolute Gasteiger partial charge is 0.312 e. The summed E-state index contributed by atoms with van der Waals surface area (Å²) < 4.78 is 5.73. The molecule has 0 aromatic carbocycles. The lowest BCUT2D eigenvalue weighted by molar-refractivity contribution is 0.337. The molecule has 21 heavy (non-hydrogen) atoms. The van der Waals surface area contributed by atoms with Crippen LogP contribution >= 0.6 is 0 Å². The maximum atomic E-state index is 2.87. The molecule has 0 atom stereocenters. The number of nitrogens with zero attached hydrogens (tertiary/aromatic N) is 2. The van der Waals surface area contributed by atoms with Crippen LogP contribution in [0.2, 0.25) is 12.1 Å². The molecule has 0 N–H and O–H groups in total. The van der Waals surface area contributed by atoms with Crippen LogP contribution in [0.5, 0.6) is 0 Å². The van der Waals surface area contributed by atoms with E-state index in [1.54, 1.807) is 0 Å².